The Kier molecular flexibility index (Phi) is 3.55. The number of aromatic hydroxyl groups is 2. The smallest absolute Gasteiger partial charge is 0.315 e. The van der Waals surface area contributed by atoms with Crippen LogP contribution in [-0.4, -0.2) is 30.5 Å². The van der Waals surface area contributed by atoms with Crippen molar-refractivity contribution >= 4 is 5.69 Å². The minimum atomic E-state index is -0.819. The molecule has 0 amide bonds. The van der Waals surface area contributed by atoms with Crippen LogP contribution in [0.25, 0.3) is 22.5 Å². The summed E-state index contributed by atoms with van der Waals surface area (Å²) in [5, 5.41) is 49.6. The average molecular weight is 323 g/mol. The minimum Gasteiger partial charge on any atom is -0.504 e. The Hall–Kier alpha value is -3.93. The van der Waals surface area contributed by atoms with Crippen molar-refractivity contribution < 1.29 is 15.1 Å². The first kappa shape index (κ1) is 15.0. The van der Waals surface area contributed by atoms with E-state index < -0.39 is 22.1 Å². The number of nitro groups is 1. The molecule has 1 heterocycles. The monoisotopic (exact) mass is 323 g/mol. The summed E-state index contributed by atoms with van der Waals surface area (Å²) in [4.78, 5) is 10.2. The van der Waals surface area contributed by atoms with E-state index in [1.54, 1.807) is 24.3 Å². The molecule has 2 aromatic carbocycles. The normalized spacial score (nSPS) is 10.3. The second-order valence-corrected chi connectivity index (χ2v) is 4.83. The molecule has 0 fully saturated rings. The van der Waals surface area contributed by atoms with Crippen molar-refractivity contribution in [3.63, 3.8) is 0 Å². The lowest BCUT2D eigenvalue weighted by Crippen LogP contribution is -1.91. The van der Waals surface area contributed by atoms with E-state index in [0.29, 0.717) is 16.8 Å². The van der Waals surface area contributed by atoms with Gasteiger partial charge in [0.15, 0.2) is 5.75 Å². The molecule has 3 N–H and O–H groups in total. The first-order chi connectivity index (χ1) is 11.5. The van der Waals surface area contributed by atoms with E-state index in [1.165, 1.54) is 0 Å². The molecular formula is C15H9N5O4. The first-order valence-corrected chi connectivity index (χ1v) is 6.63. The van der Waals surface area contributed by atoms with Gasteiger partial charge in [-0.3, -0.25) is 10.1 Å². The van der Waals surface area contributed by atoms with Gasteiger partial charge in [-0.05, 0) is 18.2 Å². The summed E-state index contributed by atoms with van der Waals surface area (Å²) in [7, 11) is 0. The topological polar surface area (TPSA) is 149 Å². The molecule has 0 aliphatic rings. The maximum Gasteiger partial charge on any atom is 0.315 e. The molecule has 24 heavy (non-hydrogen) atoms. The number of phenols is 2. The molecule has 0 bridgehead atoms. The van der Waals surface area contributed by atoms with E-state index in [0.717, 1.165) is 12.1 Å². The number of hydrogen-bond acceptors (Lipinski definition) is 7. The summed E-state index contributed by atoms with van der Waals surface area (Å²) in [6.45, 7) is 0. The highest BCUT2D eigenvalue weighted by molar-refractivity contribution is 5.81. The van der Waals surface area contributed by atoms with Crippen LogP contribution in [0.3, 0.4) is 0 Å². The summed E-state index contributed by atoms with van der Waals surface area (Å²) in [5.74, 6) is -1.46. The number of hydrogen-bond donors (Lipinski definition) is 3. The fourth-order valence-electron chi connectivity index (χ4n) is 2.25. The molecule has 0 unspecified atom stereocenters. The van der Waals surface area contributed by atoms with Gasteiger partial charge in [0.05, 0.1) is 16.6 Å². The van der Waals surface area contributed by atoms with Crippen molar-refractivity contribution in [2.75, 3.05) is 0 Å². The number of phenolic OH excluding ortho intramolecular Hbond substituents is 2. The van der Waals surface area contributed by atoms with Gasteiger partial charge in [0.1, 0.15) is 11.4 Å². The van der Waals surface area contributed by atoms with Gasteiger partial charge in [0, 0.05) is 17.2 Å². The number of aromatic amines is 1. The van der Waals surface area contributed by atoms with Crippen LogP contribution < -0.4 is 0 Å². The minimum absolute atomic E-state index is 0.197. The quantitative estimate of drug-likeness (QED) is 0.380. The summed E-state index contributed by atoms with van der Waals surface area (Å²) in [6.07, 6.45) is 0. The second kappa shape index (κ2) is 5.69. The Morgan fingerprint density at radius 3 is 2.50 bits per heavy atom. The molecule has 0 saturated heterocycles. The Morgan fingerprint density at radius 1 is 1.12 bits per heavy atom. The van der Waals surface area contributed by atoms with Crippen molar-refractivity contribution in [2.24, 2.45) is 0 Å². The Balaban J connectivity index is 2.18. The molecule has 1 aromatic heterocycles. The van der Waals surface area contributed by atoms with Crippen molar-refractivity contribution in [3.05, 3.63) is 52.1 Å². The number of H-pyrrole nitrogens is 1. The molecule has 0 radical (unpaired) electrons. The van der Waals surface area contributed by atoms with Crippen LogP contribution in [0.5, 0.6) is 11.5 Å². The Morgan fingerprint density at radius 2 is 1.83 bits per heavy atom. The zero-order valence-electron chi connectivity index (χ0n) is 12.0. The van der Waals surface area contributed by atoms with E-state index in [1.807, 2.05) is 6.07 Å². The molecule has 0 saturated carbocycles. The summed E-state index contributed by atoms with van der Waals surface area (Å²) >= 11 is 0. The Bertz CT molecular complexity index is 990. The number of nitriles is 1. The van der Waals surface area contributed by atoms with Crippen LogP contribution in [0, 0.1) is 21.4 Å². The average Bonchev–Trinajstić information content (AvgIpc) is 3.06. The van der Waals surface area contributed by atoms with Crippen molar-refractivity contribution in [2.45, 2.75) is 0 Å². The molecule has 0 aliphatic heterocycles. The predicted octanol–water partition coefficient (Wildman–Crippen LogP) is 2.33. The SMILES string of the molecule is N#Cc1cccc(-c2n[nH]nc2-c2cc(O)c(O)c([N+](=O)[O-])c2)c1. The third kappa shape index (κ3) is 2.48. The van der Waals surface area contributed by atoms with E-state index in [9.17, 15) is 20.3 Å². The van der Waals surface area contributed by atoms with E-state index in [-0.39, 0.29) is 11.3 Å². The lowest BCUT2D eigenvalue weighted by atomic mass is 10.0. The van der Waals surface area contributed by atoms with Gasteiger partial charge in [-0.15, -0.1) is 0 Å². The summed E-state index contributed by atoms with van der Waals surface area (Å²) < 4.78 is 0. The highest BCUT2D eigenvalue weighted by Gasteiger charge is 2.22. The Labute approximate surface area is 134 Å². The van der Waals surface area contributed by atoms with Crippen LogP contribution in [-0.2, 0) is 0 Å². The second-order valence-electron chi connectivity index (χ2n) is 4.83. The zero-order valence-corrected chi connectivity index (χ0v) is 12.0. The molecule has 0 atom stereocenters. The largest absolute Gasteiger partial charge is 0.504 e. The molecular weight excluding hydrogens is 314 g/mol. The number of nitrogens with one attached hydrogen (secondary N) is 1. The van der Waals surface area contributed by atoms with Gasteiger partial charge in [-0.25, -0.2) is 0 Å². The molecule has 0 aliphatic carbocycles. The maximum absolute atomic E-state index is 11.0. The van der Waals surface area contributed by atoms with Crippen LogP contribution >= 0.6 is 0 Å². The van der Waals surface area contributed by atoms with Gasteiger partial charge < -0.3 is 10.2 Å². The summed E-state index contributed by atoms with van der Waals surface area (Å²) in [5.41, 5.74) is 1.14. The van der Waals surface area contributed by atoms with Gasteiger partial charge >= 0.3 is 5.69 Å². The molecule has 9 nitrogen and oxygen atoms in total. The lowest BCUT2D eigenvalue weighted by Gasteiger charge is -2.05. The number of nitrogens with zero attached hydrogens (tertiary/aromatic N) is 4. The fraction of sp³-hybridized carbons (Fsp3) is 0. The van der Waals surface area contributed by atoms with Gasteiger partial charge in [0.2, 0.25) is 5.75 Å². The van der Waals surface area contributed by atoms with E-state index in [4.69, 9.17) is 5.26 Å². The zero-order chi connectivity index (χ0) is 17.3. The van der Waals surface area contributed by atoms with Crippen molar-refractivity contribution in [1.82, 2.24) is 15.4 Å². The summed E-state index contributed by atoms with van der Waals surface area (Å²) in [6, 6.07) is 10.8. The van der Waals surface area contributed by atoms with Crippen LogP contribution in [0.4, 0.5) is 5.69 Å². The maximum atomic E-state index is 11.0. The molecule has 118 valence electrons. The van der Waals surface area contributed by atoms with E-state index in [2.05, 4.69) is 15.4 Å². The third-order valence-electron chi connectivity index (χ3n) is 3.35. The van der Waals surface area contributed by atoms with Crippen LogP contribution in [0.1, 0.15) is 5.56 Å². The number of benzene rings is 2. The highest BCUT2D eigenvalue weighted by atomic mass is 16.6. The molecule has 0 spiro atoms. The van der Waals surface area contributed by atoms with Crippen LogP contribution in [0.15, 0.2) is 36.4 Å². The fourth-order valence-corrected chi connectivity index (χ4v) is 2.25. The van der Waals surface area contributed by atoms with Crippen LogP contribution in [0.2, 0.25) is 0 Å². The van der Waals surface area contributed by atoms with Gasteiger partial charge in [-0.2, -0.15) is 20.7 Å². The number of rotatable bonds is 3. The lowest BCUT2D eigenvalue weighted by molar-refractivity contribution is -0.385. The molecule has 3 aromatic rings. The van der Waals surface area contributed by atoms with Gasteiger partial charge in [0.25, 0.3) is 0 Å². The predicted molar refractivity (Wildman–Crippen MR) is 82.0 cm³/mol. The van der Waals surface area contributed by atoms with E-state index >= 15 is 0 Å². The van der Waals surface area contributed by atoms with Gasteiger partial charge in [-0.1, -0.05) is 12.1 Å². The number of aromatic nitrogens is 3. The van der Waals surface area contributed by atoms with Crippen molar-refractivity contribution in [1.29, 1.82) is 5.26 Å². The molecule has 9 heteroatoms. The first-order valence-electron chi connectivity index (χ1n) is 6.63. The standard InChI is InChI=1S/C15H9N5O4/c16-7-8-2-1-3-9(4-8)13-14(18-19-17-13)10-5-11(20(23)24)15(22)12(21)6-10/h1-6,21-22H,(H,17,18,19). The third-order valence-corrected chi connectivity index (χ3v) is 3.35. The molecule has 3 rings (SSSR count). The highest BCUT2D eigenvalue weighted by Crippen LogP contribution is 2.40. The van der Waals surface area contributed by atoms with Crippen molar-refractivity contribution in [3.8, 4) is 40.1 Å². The number of nitro benzene ring substituents is 1.